The molecule has 0 aliphatic rings. The van der Waals surface area contributed by atoms with Gasteiger partial charge in [-0.05, 0) is 49.9 Å². The minimum Gasteiger partial charge on any atom is -0.339 e. The van der Waals surface area contributed by atoms with Crippen LogP contribution in [-0.4, -0.2) is 23.9 Å². The fourth-order valence-corrected chi connectivity index (χ4v) is 1.91. The molecule has 0 unspecified atom stereocenters. The average Bonchev–Trinajstić information content (AvgIpc) is 2.31. The molecule has 94 valence electrons. The van der Waals surface area contributed by atoms with E-state index in [1.165, 1.54) is 11.1 Å². The zero-order chi connectivity index (χ0) is 12.8. The van der Waals surface area contributed by atoms with Crippen molar-refractivity contribution in [3.05, 3.63) is 34.9 Å². The van der Waals surface area contributed by atoms with E-state index in [0.29, 0.717) is 0 Å². The summed E-state index contributed by atoms with van der Waals surface area (Å²) in [6, 6.07) is 5.96. The predicted molar refractivity (Wildman–Crippen MR) is 72.4 cm³/mol. The highest BCUT2D eigenvalue weighted by Crippen LogP contribution is 2.12. The highest BCUT2D eigenvalue weighted by Gasteiger charge is 2.14. The number of rotatable bonds is 5. The normalized spacial score (nSPS) is 10.4. The Labute approximate surface area is 105 Å². The van der Waals surface area contributed by atoms with Gasteiger partial charge in [-0.3, -0.25) is 4.79 Å². The first-order valence-corrected chi connectivity index (χ1v) is 6.46. The molecule has 0 heterocycles. The molecule has 0 bridgehead atoms. The Kier molecular flexibility index (Phi) is 5.20. The van der Waals surface area contributed by atoms with Crippen LogP contribution in [0.25, 0.3) is 0 Å². The number of aryl methyl sites for hydroxylation is 2. The van der Waals surface area contributed by atoms with Gasteiger partial charge in [0.2, 0.25) is 0 Å². The van der Waals surface area contributed by atoms with Gasteiger partial charge in [-0.2, -0.15) is 0 Å². The Balaban J connectivity index is 2.88. The van der Waals surface area contributed by atoms with Crippen LogP contribution in [0.2, 0.25) is 0 Å². The minimum absolute atomic E-state index is 0.164. The van der Waals surface area contributed by atoms with Crippen molar-refractivity contribution in [3.63, 3.8) is 0 Å². The molecule has 1 rings (SSSR count). The smallest absolute Gasteiger partial charge is 0.253 e. The van der Waals surface area contributed by atoms with Gasteiger partial charge in [0.15, 0.2) is 0 Å². The second kappa shape index (κ2) is 6.43. The Morgan fingerprint density at radius 1 is 1.06 bits per heavy atom. The second-order valence-electron chi connectivity index (χ2n) is 4.59. The summed E-state index contributed by atoms with van der Waals surface area (Å²) in [5.74, 6) is 0.164. The van der Waals surface area contributed by atoms with Crippen molar-refractivity contribution < 1.29 is 4.79 Å². The standard InChI is InChI=1S/C15H23NO/c1-5-9-16(10-6-2)15(17)14-8-7-12(3)13(4)11-14/h7-8,11H,5-6,9-10H2,1-4H3. The number of carbonyl (C=O) groups is 1. The van der Waals surface area contributed by atoms with Crippen LogP contribution in [0.15, 0.2) is 18.2 Å². The lowest BCUT2D eigenvalue weighted by molar-refractivity contribution is 0.0755. The third-order valence-electron chi connectivity index (χ3n) is 3.03. The molecule has 2 heteroatoms. The van der Waals surface area contributed by atoms with Crippen LogP contribution in [-0.2, 0) is 0 Å². The number of nitrogens with zero attached hydrogens (tertiary/aromatic N) is 1. The molecule has 0 atom stereocenters. The van der Waals surface area contributed by atoms with Crippen LogP contribution in [0.4, 0.5) is 0 Å². The third kappa shape index (κ3) is 3.58. The van der Waals surface area contributed by atoms with E-state index in [1.54, 1.807) is 0 Å². The molecule has 0 radical (unpaired) electrons. The first kappa shape index (κ1) is 13.8. The van der Waals surface area contributed by atoms with E-state index in [-0.39, 0.29) is 5.91 Å². The van der Waals surface area contributed by atoms with Crippen LogP contribution in [0.3, 0.4) is 0 Å². The first-order valence-electron chi connectivity index (χ1n) is 6.46. The molecule has 0 aliphatic heterocycles. The quantitative estimate of drug-likeness (QED) is 0.761. The lowest BCUT2D eigenvalue weighted by Gasteiger charge is -2.21. The van der Waals surface area contributed by atoms with Crippen LogP contribution in [0.1, 0.15) is 48.2 Å². The number of benzene rings is 1. The predicted octanol–water partition coefficient (Wildman–Crippen LogP) is 3.57. The van der Waals surface area contributed by atoms with Gasteiger partial charge in [0.25, 0.3) is 5.91 Å². The van der Waals surface area contributed by atoms with Crippen molar-refractivity contribution in [1.82, 2.24) is 4.90 Å². The maximum absolute atomic E-state index is 12.3. The lowest BCUT2D eigenvalue weighted by atomic mass is 10.1. The van der Waals surface area contributed by atoms with E-state index < -0.39 is 0 Å². The van der Waals surface area contributed by atoms with Crippen molar-refractivity contribution in [2.75, 3.05) is 13.1 Å². The Hall–Kier alpha value is -1.31. The summed E-state index contributed by atoms with van der Waals surface area (Å²) in [4.78, 5) is 14.3. The molecule has 1 amide bonds. The van der Waals surface area contributed by atoms with Crippen LogP contribution < -0.4 is 0 Å². The van der Waals surface area contributed by atoms with Gasteiger partial charge in [-0.15, -0.1) is 0 Å². The van der Waals surface area contributed by atoms with Crippen LogP contribution in [0.5, 0.6) is 0 Å². The number of hydrogen-bond acceptors (Lipinski definition) is 1. The fraction of sp³-hybridized carbons (Fsp3) is 0.533. The van der Waals surface area contributed by atoms with Gasteiger partial charge in [-0.25, -0.2) is 0 Å². The minimum atomic E-state index is 0.164. The summed E-state index contributed by atoms with van der Waals surface area (Å²) in [6.07, 6.45) is 2.02. The van der Waals surface area contributed by atoms with Crippen molar-refractivity contribution in [1.29, 1.82) is 0 Å². The summed E-state index contributed by atoms with van der Waals surface area (Å²) in [7, 11) is 0. The monoisotopic (exact) mass is 233 g/mol. The second-order valence-corrected chi connectivity index (χ2v) is 4.59. The highest BCUT2D eigenvalue weighted by atomic mass is 16.2. The Bertz CT molecular complexity index is 379. The summed E-state index contributed by atoms with van der Waals surface area (Å²) in [6.45, 7) is 10.0. The van der Waals surface area contributed by atoms with E-state index in [2.05, 4.69) is 27.7 Å². The van der Waals surface area contributed by atoms with Crippen molar-refractivity contribution in [2.24, 2.45) is 0 Å². The zero-order valence-electron chi connectivity index (χ0n) is 11.4. The van der Waals surface area contributed by atoms with E-state index in [0.717, 1.165) is 31.5 Å². The summed E-state index contributed by atoms with van der Waals surface area (Å²) >= 11 is 0. The third-order valence-corrected chi connectivity index (χ3v) is 3.03. The molecule has 0 saturated heterocycles. The largest absolute Gasteiger partial charge is 0.339 e. The van der Waals surface area contributed by atoms with Crippen LogP contribution >= 0.6 is 0 Å². The molecule has 0 saturated carbocycles. The Morgan fingerprint density at radius 2 is 1.65 bits per heavy atom. The maximum Gasteiger partial charge on any atom is 0.253 e. The number of hydrogen-bond donors (Lipinski definition) is 0. The zero-order valence-corrected chi connectivity index (χ0v) is 11.4. The topological polar surface area (TPSA) is 20.3 Å². The van der Waals surface area contributed by atoms with Crippen molar-refractivity contribution in [2.45, 2.75) is 40.5 Å². The molecule has 1 aromatic carbocycles. The van der Waals surface area contributed by atoms with Crippen LogP contribution in [0, 0.1) is 13.8 Å². The molecule has 2 nitrogen and oxygen atoms in total. The van der Waals surface area contributed by atoms with E-state index >= 15 is 0 Å². The van der Waals surface area contributed by atoms with Crippen molar-refractivity contribution >= 4 is 5.91 Å². The first-order chi connectivity index (χ1) is 8.10. The summed E-state index contributed by atoms with van der Waals surface area (Å²) in [5.41, 5.74) is 3.23. The molecule has 0 N–H and O–H groups in total. The molecule has 0 aliphatic carbocycles. The van der Waals surface area contributed by atoms with Gasteiger partial charge in [0.1, 0.15) is 0 Å². The van der Waals surface area contributed by atoms with E-state index in [4.69, 9.17) is 0 Å². The lowest BCUT2D eigenvalue weighted by Crippen LogP contribution is -2.32. The molecule has 1 aromatic rings. The number of amides is 1. The maximum atomic E-state index is 12.3. The van der Waals surface area contributed by atoms with E-state index in [9.17, 15) is 4.79 Å². The SMILES string of the molecule is CCCN(CCC)C(=O)c1ccc(C)c(C)c1. The van der Waals surface area contributed by atoms with Gasteiger partial charge in [0, 0.05) is 18.7 Å². The molecular formula is C15H23NO. The van der Waals surface area contributed by atoms with Gasteiger partial charge >= 0.3 is 0 Å². The Morgan fingerprint density at radius 3 is 2.12 bits per heavy atom. The molecule has 0 spiro atoms. The molecular weight excluding hydrogens is 210 g/mol. The number of carbonyl (C=O) groups excluding carboxylic acids is 1. The summed E-state index contributed by atoms with van der Waals surface area (Å²) in [5, 5.41) is 0. The fourth-order valence-electron chi connectivity index (χ4n) is 1.91. The summed E-state index contributed by atoms with van der Waals surface area (Å²) < 4.78 is 0. The molecule has 0 aromatic heterocycles. The molecule has 17 heavy (non-hydrogen) atoms. The van der Waals surface area contributed by atoms with Gasteiger partial charge in [0.05, 0.1) is 0 Å². The van der Waals surface area contributed by atoms with Gasteiger partial charge in [-0.1, -0.05) is 19.9 Å². The molecule has 0 fully saturated rings. The highest BCUT2D eigenvalue weighted by molar-refractivity contribution is 5.94. The average molecular weight is 233 g/mol. The van der Waals surface area contributed by atoms with Gasteiger partial charge < -0.3 is 4.90 Å². The van der Waals surface area contributed by atoms with E-state index in [1.807, 2.05) is 23.1 Å². The van der Waals surface area contributed by atoms with Crippen molar-refractivity contribution in [3.8, 4) is 0 Å².